The van der Waals surface area contributed by atoms with Crippen LogP contribution in [0.5, 0.6) is 0 Å². The Labute approximate surface area is 261 Å². The van der Waals surface area contributed by atoms with Crippen molar-refractivity contribution in [2.45, 2.75) is 90.3 Å². The molecule has 4 aliphatic rings. The highest BCUT2D eigenvalue weighted by molar-refractivity contribution is 5.89. The van der Waals surface area contributed by atoms with Crippen LogP contribution < -0.4 is 20.4 Å². The summed E-state index contributed by atoms with van der Waals surface area (Å²) < 4.78 is 15.7. The number of nitrogens with zero attached hydrogens (tertiary/aromatic N) is 4. The highest BCUT2D eigenvalue weighted by Gasteiger charge is 2.40. The number of halogens is 1. The number of hydrogen-bond acceptors (Lipinski definition) is 7. The third kappa shape index (κ3) is 7.65. The number of anilines is 2. The van der Waals surface area contributed by atoms with E-state index in [1.54, 1.807) is 6.07 Å². The van der Waals surface area contributed by atoms with E-state index in [0.717, 1.165) is 82.5 Å². The van der Waals surface area contributed by atoms with Crippen LogP contribution in [0.1, 0.15) is 83.7 Å². The predicted octanol–water partition coefficient (Wildman–Crippen LogP) is 3.68. The maximum Gasteiger partial charge on any atom is 0.243 e. The van der Waals surface area contributed by atoms with Crippen LogP contribution in [-0.2, 0) is 14.4 Å². The lowest BCUT2D eigenvalue weighted by Crippen LogP contribution is -2.56. The third-order valence-electron chi connectivity index (χ3n) is 10.00. The molecule has 3 N–H and O–H groups in total. The number of amides is 3. The van der Waals surface area contributed by atoms with Gasteiger partial charge < -0.3 is 25.3 Å². The number of carbonyl (C=O) groups excluding carboxylic acids is 3. The molecular weight excluding hydrogens is 563 g/mol. The Morgan fingerprint density at radius 1 is 1.02 bits per heavy atom. The average Bonchev–Trinajstić information content (AvgIpc) is 3.70. The Morgan fingerprint density at radius 3 is 2.32 bits per heavy atom. The summed E-state index contributed by atoms with van der Waals surface area (Å²) in [4.78, 5) is 45.5. The normalized spacial score (nSPS) is 22.7. The Kier molecular flexibility index (Phi) is 10.0. The molecule has 2 heterocycles. The number of hydrogen-bond donors (Lipinski definition) is 3. The van der Waals surface area contributed by atoms with Gasteiger partial charge in [0.15, 0.2) is 0 Å². The van der Waals surface area contributed by atoms with Crippen molar-refractivity contribution in [2.75, 3.05) is 56.1 Å². The predicted molar refractivity (Wildman–Crippen MR) is 168 cm³/mol. The van der Waals surface area contributed by atoms with Crippen molar-refractivity contribution in [2.24, 2.45) is 17.3 Å². The van der Waals surface area contributed by atoms with Gasteiger partial charge in [0.25, 0.3) is 0 Å². The van der Waals surface area contributed by atoms with Crippen LogP contribution in [0.25, 0.3) is 0 Å². The zero-order valence-electron chi connectivity index (χ0n) is 26.9. The van der Waals surface area contributed by atoms with E-state index in [9.17, 15) is 19.6 Å². The second-order valence-electron chi connectivity index (χ2n) is 14.5. The van der Waals surface area contributed by atoms with Crippen LogP contribution in [0.4, 0.5) is 15.8 Å². The summed E-state index contributed by atoms with van der Waals surface area (Å²) >= 11 is 0. The smallest absolute Gasteiger partial charge is 0.243 e. The van der Waals surface area contributed by atoms with Gasteiger partial charge in [0.05, 0.1) is 24.2 Å². The van der Waals surface area contributed by atoms with E-state index in [1.807, 2.05) is 26.8 Å². The van der Waals surface area contributed by atoms with Crippen LogP contribution in [0.3, 0.4) is 0 Å². The molecule has 0 radical (unpaired) electrons. The summed E-state index contributed by atoms with van der Waals surface area (Å²) in [6, 6.07) is 2.80. The molecule has 5 rings (SSSR count). The second kappa shape index (κ2) is 13.6. The number of hydroxylamine groups is 2. The zero-order valence-corrected chi connectivity index (χ0v) is 26.9. The Bertz CT molecular complexity index is 1190. The first-order valence-corrected chi connectivity index (χ1v) is 16.5. The summed E-state index contributed by atoms with van der Waals surface area (Å²) in [5, 5.41) is 16.6. The number of piperazine rings is 1. The average molecular weight is 615 g/mol. The van der Waals surface area contributed by atoms with Gasteiger partial charge in [-0.15, -0.1) is 0 Å². The van der Waals surface area contributed by atoms with Gasteiger partial charge in [0, 0.05) is 50.0 Å². The summed E-state index contributed by atoms with van der Waals surface area (Å²) in [5.41, 5.74) is 1.78. The van der Waals surface area contributed by atoms with Crippen LogP contribution in [0.15, 0.2) is 12.1 Å². The van der Waals surface area contributed by atoms with Crippen molar-refractivity contribution in [3.63, 3.8) is 0 Å². The van der Waals surface area contributed by atoms with E-state index in [-0.39, 0.29) is 30.2 Å². The van der Waals surface area contributed by atoms with Crippen LogP contribution >= 0.6 is 0 Å². The standard InChI is InChI=1S/C33H51FN6O4/c1-33(2,3)30(36-31(42)23(20-39(44)21-41)17-22-7-5-6-8-22)32(43)35-27-11-12-40(24-9-10-24)28-19-29(26(34)18-25(27)28)38-15-13-37(4)14-16-38/h18-19,21-24,27,30,44H,5-17,20H2,1-4H3,(H,35,43)(H,36,42)/t23-,27?,30-/m1/s1. The maximum atomic E-state index is 15.7. The zero-order chi connectivity index (χ0) is 31.6. The molecule has 0 bridgehead atoms. The number of carbonyl (C=O) groups is 3. The Balaban J connectivity index is 1.35. The summed E-state index contributed by atoms with van der Waals surface area (Å²) in [6.07, 6.45) is 8.01. The van der Waals surface area contributed by atoms with Crippen molar-refractivity contribution in [1.82, 2.24) is 20.6 Å². The van der Waals surface area contributed by atoms with Gasteiger partial charge in [-0.25, -0.2) is 9.45 Å². The van der Waals surface area contributed by atoms with Crippen molar-refractivity contribution >= 4 is 29.6 Å². The highest BCUT2D eigenvalue weighted by Crippen LogP contribution is 2.43. The van der Waals surface area contributed by atoms with Gasteiger partial charge in [-0.05, 0) is 56.2 Å². The fourth-order valence-electron chi connectivity index (χ4n) is 7.22. The van der Waals surface area contributed by atoms with Crippen molar-refractivity contribution in [1.29, 1.82) is 0 Å². The number of nitrogens with one attached hydrogen (secondary N) is 2. The van der Waals surface area contributed by atoms with E-state index in [1.165, 1.54) is 0 Å². The molecule has 0 spiro atoms. The van der Waals surface area contributed by atoms with E-state index in [4.69, 9.17) is 0 Å². The molecule has 3 atom stereocenters. The molecule has 3 amide bonds. The molecule has 44 heavy (non-hydrogen) atoms. The summed E-state index contributed by atoms with van der Waals surface area (Å²) in [5.74, 6) is -1.22. The lowest BCUT2D eigenvalue weighted by Gasteiger charge is -2.40. The fraction of sp³-hybridized carbons (Fsp3) is 0.727. The third-order valence-corrected chi connectivity index (χ3v) is 10.00. The molecule has 1 saturated heterocycles. The van der Waals surface area contributed by atoms with Crippen LogP contribution in [0.2, 0.25) is 0 Å². The van der Waals surface area contributed by atoms with Gasteiger partial charge in [-0.1, -0.05) is 46.5 Å². The Hall–Kier alpha value is -2.92. The van der Waals surface area contributed by atoms with Crippen LogP contribution in [0, 0.1) is 23.1 Å². The molecule has 10 nitrogen and oxygen atoms in total. The van der Waals surface area contributed by atoms with Gasteiger partial charge >= 0.3 is 0 Å². The quantitative estimate of drug-likeness (QED) is 0.198. The maximum absolute atomic E-state index is 15.7. The monoisotopic (exact) mass is 614 g/mol. The van der Waals surface area contributed by atoms with Gasteiger partial charge in [-0.3, -0.25) is 19.6 Å². The molecule has 2 aliphatic heterocycles. The molecule has 2 aliphatic carbocycles. The lowest BCUT2D eigenvalue weighted by atomic mass is 9.84. The van der Waals surface area contributed by atoms with E-state index in [2.05, 4.69) is 32.4 Å². The van der Waals surface area contributed by atoms with Crippen molar-refractivity contribution < 1.29 is 24.0 Å². The topological polar surface area (TPSA) is 108 Å². The highest BCUT2D eigenvalue weighted by atomic mass is 19.1. The first-order valence-electron chi connectivity index (χ1n) is 16.5. The number of rotatable bonds is 11. The van der Waals surface area contributed by atoms with Crippen molar-refractivity contribution in [3.8, 4) is 0 Å². The summed E-state index contributed by atoms with van der Waals surface area (Å²) in [6.45, 7) is 9.66. The fourth-order valence-corrected chi connectivity index (χ4v) is 7.22. The SMILES string of the molecule is CN1CCN(c2cc3c(cc2F)C(NC(=O)[C@@H](NC(=O)[C@H](CC2CCCC2)CN(O)C=O)C(C)(C)C)CCN3C2CC2)CC1. The molecule has 2 saturated carbocycles. The minimum Gasteiger partial charge on any atom is -0.368 e. The molecule has 1 aromatic carbocycles. The largest absolute Gasteiger partial charge is 0.368 e. The summed E-state index contributed by atoms with van der Waals surface area (Å²) in [7, 11) is 2.08. The second-order valence-corrected chi connectivity index (χ2v) is 14.5. The Morgan fingerprint density at radius 2 is 1.70 bits per heavy atom. The minimum absolute atomic E-state index is 0.119. The van der Waals surface area contributed by atoms with Gasteiger partial charge in [-0.2, -0.15) is 0 Å². The van der Waals surface area contributed by atoms with E-state index < -0.39 is 17.4 Å². The first-order chi connectivity index (χ1) is 20.9. The van der Waals surface area contributed by atoms with E-state index >= 15 is 4.39 Å². The number of benzene rings is 1. The van der Waals surface area contributed by atoms with E-state index in [0.29, 0.717) is 42.0 Å². The molecule has 0 aromatic heterocycles. The van der Waals surface area contributed by atoms with Gasteiger partial charge in [0.1, 0.15) is 11.9 Å². The lowest BCUT2D eigenvalue weighted by molar-refractivity contribution is -0.155. The number of likely N-dealkylation sites (N-methyl/N-ethyl adjacent to an activating group) is 1. The molecule has 244 valence electrons. The molecule has 3 fully saturated rings. The molecule has 1 aromatic rings. The molecule has 1 unspecified atom stereocenters. The number of fused-ring (bicyclic) bond motifs is 1. The van der Waals surface area contributed by atoms with Gasteiger partial charge in [0.2, 0.25) is 18.2 Å². The molecule has 11 heteroatoms. The minimum atomic E-state index is -0.858. The molecular formula is C33H51FN6O4. The van der Waals surface area contributed by atoms with Crippen LogP contribution in [-0.4, -0.2) is 91.8 Å². The first kappa shape index (κ1) is 32.5. The van der Waals surface area contributed by atoms with Crippen molar-refractivity contribution in [3.05, 3.63) is 23.5 Å².